The Hall–Kier alpha value is -0.910. The van der Waals surface area contributed by atoms with Gasteiger partial charge >= 0.3 is 5.97 Å². The number of halogens is 1. The molecule has 4 nitrogen and oxygen atoms in total. The standard InChI is InChI=1S/C10H11BrO4/c1-5-6(3-2-4-7(5)11)8(12)9(13)10(14)15/h2-4,8-9,12-13H,1H3,(H,14,15). The van der Waals surface area contributed by atoms with Crippen LogP contribution in [0.5, 0.6) is 0 Å². The Morgan fingerprint density at radius 3 is 2.53 bits per heavy atom. The van der Waals surface area contributed by atoms with Crippen LogP contribution in [0.1, 0.15) is 17.2 Å². The second-order valence-electron chi connectivity index (χ2n) is 3.18. The minimum Gasteiger partial charge on any atom is -0.479 e. The molecule has 1 aromatic carbocycles. The van der Waals surface area contributed by atoms with E-state index in [1.54, 1.807) is 25.1 Å². The minimum absolute atomic E-state index is 0.402. The molecule has 0 saturated heterocycles. The van der Waals surface area contributed by atoms with Crippen molar-refractivity contribution in [3.05, 3.63) is 33.8 Å². The molecule has 0 heterocycles. The number of aliphatic hydroxyl groups is 2. The fourth-order valence-corrected chi connectivity index (χ4v) is 1.63. The van der Waals surface area contributed by atoms with Crippen LogP contribution < -0.4 is 0 Å². The molecule has 0 amide bonds. The first-order valence-corrected chi connectivity index (χ1v) is 5.08. The number of aliphatic hydroxyl groups excluding tert-OH is 2. The molecule has 82 valence electrons. The lowest BCUT2D eigenvalue weighted by Crippen LogP contribution is -2.27. The normalized spacial score (nSPS) is 14.7. The van der Waals surface area contributed by atoms with Gasteiger partial charge in [0.2, 0.25) is 0 Å². The highest BCUT2D eigenvalue weighted by Crippen LogP contribution is 2.26. The van der Waals surface area contributed by atoms with Crippen molar-refractivity contribution in [1.82, 2.24) is 0 Å². The molecule has 0 aliphatic carbocycles. The molecule has 2 unspecified atom stereocenters. The van der Waals surface area contributed by atoms with Crippen LogP contribution in [-0.2, 0) is 4.79 Å². The van der Waals surface area contributed by atoms with E-state index >= 15 is 0 Å². The number of carboxylic acids is 1. The predicted molar refractivity (Wildman–Crippen MR) is 57.5 cm³/mol. The van der Waals surface area contributed by atoms with Crippen LogP contribution in [0.4, 0.5) is 0 Å². The number of benzene rings is 1. The maximum absolute atomic E-state index is 10.5. The zero-order chi connectivity index (χ0) is 11.6. The highest BCUT2D eigenvalue weighted by atomic mass is 79.9. The summed E-state index contributed by atoms with van der Waals surface area (Å²) < 4.78 is 0.761. The van der Waals surface area contributed by atoms with Gasteiger partial charge in [0.05, 0.1) is 0 Å². The molecule has 0 aliphatic rings. The van der Waals surface area contributed by atoms with E-state index in [0.29, 0.717) is 11.1 Å². The smallest absolute Gasteiger partial charge is 0.335 e. The molecule has 5 heteroatoms. The van der Waals surface area contributed by atoms with Crippen molar-refractivity contribution >= 4 is 21.9 Å². The van der Waals surface area contributed by atoms with E-state index in [1.807, 2.05) is 0 Å². The van der Waals surface area contributed by atoms with Crippen molar-refractivity contribution in [3.63, 3.8) is 0 Å². The first-order chi connectivity index (χ1) is 6.95. The van der Waals surface area contributed by atoms with E-state index in [4.69, 9.17) is 5.11 Å². The van der Waals surface area contributed by atoms with Crippen molar-refractivity contribution in [1.29, 1.82) is 0 Å². The summed E-state index contributed by atoms with van der Waals surface area (Å²) in [5.41, 5.74) is 1.12. The summed E-state index contributed by atoms with van der Waals surface area (Å²) >= 11 is 3.26. The van der Waals surface area contributed by atoms with Crippen molar-refractivity contribution in [3.8, 4) is 0 Å². The van der Waals surface area contributed by atoms with E-state index < -0.39 is 18.2 Å². The average Bonchev–Trinajstić information content (AvgIpc) is 2.20. The SMILES string of the molecule is Cc1c(Br)cccc1C(O)C(O)C(=O)O. The van der Waals surface area contributed by atoms with Crippen molar-refractivity contribution < 1.29 is 20.1 Å². The molecule has 0 spiro atoms. The van der Waals surface area contributed by atoms with Gasteiger partial charge < -0.3 is 15.3 Å². The molecule has 0 aliphatic heterocycles. The van der Waals surface area contributed by atoms with E-state index in [9.17, 15) is 15.0 Å². The van der Waals surface area contributed by atoms with Gasteiger partial charge in [0.1, 0.15) is 6.10 Å². The molecular weight excluding hydrogens is 264 g/mol. The molecule has 1 aromatic rings. The quantitative estimate of drug-likeness (QED) is 0.775. The molecule has 0 radical (unpaired) electrons. The Kier molecular flexibility index (Phi) is 3.84. The van der Waals surface area contributed by atoms with E-state index in [2.05, 4.69) is 15.9 Å². The summed E-state index contributed by atoms with van der Waals surface area (Å²) in [4.78, 5) is 10.5. The Labute approximate surface area is 95.3 Å². The van der Waals surface area contributed by atoms with Gasteiger partial charge in [-0.05, 0) is 24.1 Å². The highest BCUT2D eigenvalue weighted by molar-refractivity contribution is 9.10. The van der Waals surface area contributed by atoms with Crippen molar-refractivity contribution in [2.45, 2.75) is 19.1 Å². The van der Waals surface area contributed by atoms with Crippen molar-refractivity contribution in [2.24, 2.45) is 0 Å². The molecule has 2 atom stereocenters. The molecule has 0 bridgehead atoms. The molecule has 1 rings (SSSR count). The number of hydrogen-bond acceptors (Lipinski definition) is 3. The van der Waals surface area contributed by atoms with Gasteiger partial charge in [-0.3, -0.25) is 0 Å². The zero-order valence-corrected chi connectivity index (χ0v) is 9.60. The predicted octanol–water partition coefficient (Wildman–Crippen LogP) is 1.24. The molecule has 0 aromatic heterocycles. The molecule has 15 heavy (non-hydrogen) atoms. The van der Waals surface area contributed by atoms with E-state index in [0.717, 1.165) is 4.47 Å². The zero-order valence-electron chi connectivity index (χ0n) is 8.01. The molecule has 3 N–H and O–H groups in total. The third-order valence-corrected chi connectivity index (χ3v) is 3.04. The molecular formula is C10H11BrO4. The Morgan fingerprint density at radius 2 is 2.00 bits per heavy atom. The Morgan fingerprint density at radius 1 is 1.40 bits per heavy atom. The first kappa shape index (κ1) is 12.2. The van der Waals surface area contributed by atoms with Gasteiger partial charge in [0, 0.05) is 4.47 Å². The van der Waals surface area contributed by atoms with Gasteiger partial charge in [-0.15, -0.1) is 0 Å². The van der Waals surface area contributed by atoms with Crippen LogP contribution in [0, 0.1) is 6.92 Å². The summed E-state index contributed by atoms with van der Waals surface area (Å²) in [6.07, 6.45) is -3.22. The lowest BCUT2D eigenvalue weighted by molar-refractivity contribution is -0.153. The van der Waals surface area contributed by atoms with Crippen LogP contribution in [0.3, 0.4) is 0 Å². The highest BCUT2D eigenvalue weighted by Gasteiger charge is 2.26. The first-order valence-electron chi connectivity index (χ1n) is 4.29. The second kappa shape index (κ2) is 4.74. The summed E-state index contributed by atoms with van der Waals surface area (Å²) in [7, 11) is 0. The van der Waals surface area contributed by atoms with Crippen LogP contribution in [0.15, 0.2) is 22.7 Å². The van der Waals surface area contributed by atoms with Crippen LogP contribution >= 0.6 is 15.9 Å². The molecule has 0 fully saturated rings. The number of carboxylic acid groups (broad SMARTS) is 1. The third kappa shape index (κ3) is 2.56. The van der Waals surface area contributed by atoms with Crippen LogP contribution in [0.25, 0.3) is 0 Å². The summed E-state index contributed by atoms with van der Waals surface area (Å²) in [6.45, 7) is 1.73. The van der Waals surface area contributed by atoms with E-state index in [1.165, 1.54) is 0 Å². The number of hydrogen-bond donors (Lipinski definition) is 3. The fourth-order valence-electron chi connectivity index (χ4n) is 1.25. The van der Waals surface area contributed by atoms with Gasteiger partial charge in [-0.25, -0.2) is 4.79 Å². The topological polar surface area (TPSA) is 77.8 Å². The summed E-state index contributed by atoms with van der Waals surface area (Å²) in [5.74, 6) is -1.44. The van der Waals surface area contributed by atoms with Gasteiger partial charge in [-0.1, -0.05) is 28.1 Å². The van der Waals surface area contributed by atoms with Gasteiger partial charge in [0.25, 0.3) is 0 Å². The van der Waals surface area contributed by atoms with Crippen LogP contribution in [0.2, 0.25) is 0 Å². The lowest BCUT2D eigenvalue weighted by atomic mass is 10.00. The minimum atomic E-state index is -1.81. The Balaban J connectivity index is 3.06. The summed E-state index contributed by atoms with van der Waals surface area (Å²) in [6, 6.07) is 5.03. The van der Waals surface area contributed by atoms with Crippen LogP contribution in [-0.4, -0.2) is 27.4 Å². The Bertz CT molecular complexity index is 378. The lowest BCUT2D eigenvalue weighted by Gasteiger charge is -2.17. The average molecular weight is 275 g/mol. The molecule has 0 saturated carbocycles. The number of rotatable bonds is 3. The third-order valence-electron chi connectivity index (χ3n) is 2.18. The maximum atomic E-state index is 10.5. The maximum Gasteiger partial charge on any atom is 0.335 e. The number of aliphatic carboxylic acids is 1. The van der Waals surface area contributed by atoms with E-state index in [-0.39, 0.29) is 0 Å². The number of carbonyl (C=O) groups is 1. The largest absolute Gasteiger partial charge is 0.479 e. The summed E-state index contributed by atoms with van der Waals surface area (Å²) in [5, 5.41) is 27.4. The van der Waals surface area contributed by atoms with Gasteiger partial charge in [-0.2, -0.15) is 0 Å². The fraction of sp³-hybridized carbons (Fsp3) is 0.300. The second-order valence-corrected chi connectivity index (χ2v) is 4.04. The van der Waals surface area contributed by atoms with Gasteiger partial charge in [0.15, 0.2) is 6.10 Å². The monoisotopic (exact) mass is 274 g/mol. The van der Waals surface area contributed by atoms with Crippen molar-refractivity contribution in [2.75, 3.05) is 0 Å².